The fraction of sp³-hybridized carbons (Fsp3) is 0.778. The summed E-state index contributed by atoms with van der Waals surface area (Å²) in [6.45, 7) is 8.48. The van der Waals surface area contributed by atoms with Crippen LogP contribution in [0.15, 0.2) is 0 Å². The quantitative estimate of drug-likeness (QED) is 0.803. The zero-order valence-corrected chi connectivity index (χ0v) is 9.56. The van der Waals surface area contributed by atoms with Crippen LogP contribution in [-0.2, 0) is 11.3 Å². The summed E-state index contributed by atoms with van der Waals surface area (Å²) in [5.74, 6) is 0.703. The SMILES string of the molecule is CC(C)Cn1nnnc1NC(=O)C(C)C. The number of hydrogen-bond donors (Lipinski definition) is 1. The Kier molecular flexibility index (Phi) is 3.76. The molecule has 84 valence electrons. The molecule has 15 heavy (non-hydrogen) atoms. The summed E-state index contributed by atoms with van der Waals surface area (Å²) in [6, 6.07) is 0. The van der Waals surface area contributed by atoms with Crippen LogP contribution in [0.5, 0.6) is 0 Å². The minimum absolute atomic E-state index is 0.0743. The van der Waals surface area contributed by atoms with E-state index >= 15 is 0 Å². The van der Waals surface area contributed by atoms with Crippen LogP contribution < -0.4 is 5.32 Å². The fourth-order valence-corrected chi connectivity index (χ4v) is 1.02. The van der Waals surface area contributed by atoms with Crippen LogP contribution >= 0.6 is 0 Å². The molecule has 0 spiro atoms. The molecule has 1 heterocycles. The van der Waals surface area contributed by atoms with Gasteiger partial charge in [0, 0.05) is 12.5 Å². The second-order valence-corrected chi connectivity index (χ2v) is 4.22. The first-order chi connectivity index (χ1) is 7.00. The van der Waals surface area contributed by atoms with E-state index in [1.165, 1.54) is 0 Å². The Bertz CT molecular complexity index is 331. The van der Waals surface area contributed by atoms with E-state index in [0.29, 0.717) is 18.4 Å². The Labute approximate surface area is 89.0 Å². The van der Waals surface area contributed by atoms with Crippen molar-refractivity contribution in [2.75, 3.05) is 5.32 Å². The normalized spacial score (nSPS) is 11.1. The Balaban J connectivity index is 2.69. The van der Waals surface area contributed by atoms with Gasteiger partial charge in [-0.1, -0.05) is 32.8 Å². The molecule has 0 radical (unpaired) electrons. The van der Waals surface area contributed by atoms with E-state index < -0.39 is 0 Å². The first-order valence-corrected chi connectivity index (χ1v) is 5.07. The second kappa shape index (κ2) is 4.86. The zero-order chi connectivity index (χ0) is 11.4. The van der Waals surface area contributed by atoms with Crippen molar-refractivity contribution in [3.05, 3.63) is 0 Å². The van der Waals surface area contributed by atoms with Gasteiger partial charge in [0.2, 0.25) is 11.9 Å². The van der Waals surface area contributed by atoms with Crippen LogP contribution in [0.1, 0.15) is 27.7 Å². The van der Waals surface area contributed by atoms with Gasteiger partial charge in [0.05, 0.1) is 0 Å². The van der Waals surface area contributed by atoms with Crippen LogP contribution in [0.4, 0.5) is 5.95 Å². The molecule has 0 aliphatic heterocycles. The van der Waals surface area contributed by atoms with Crippen LogP contribution in [0.3, 0.4) is 0 Å². The largest absolute Gasteiger partial charge is 0.293 e. The van der Waals surface area contributed by atoms with Gasteiger partial charge in [0.15, 0.2) is 0 Å². The summed E-state index contributed by atoms with van der Waals surface area (Å²) in [5, 5.41) is 13.8. The summed E-state index contributed by atoms with van der Waals surface area (Å²) in [7, 11) is 0. The van der Waals surface area contributed by atoms with E-state index in [1.54, 1.807) is 4.68 Å². The molecule has 0 unspecified atom stereocenters. The number of carbonyl (C=O) groups is 1. The van der Waals surface area contributed by atoms with Gasteiger partial charge in [-0.3, -0.25) is 10.1 Å². The lowest BCUT2D eigenvalue weighted by Gasteiger charge is -2.09. The van der Waals surface area contributed by atoms with Gasteiger partial charge in [-0.25, -0.2) is 4.68 Å². The Morgan fingerprint density at radius 2 is 2.07 bits per heavy atom. The van der Waals surface area contributed by atoms with E-state index in [4.69, 9.17) is 0 Å². The Morgan fingerprint density at radius 1 is 1.40 bits per heavy atom. The highest BCUT2D eigenvalue weighted by atomic mass is 16.2. The van der Waals surface area contributed by atoms with E-state index in [9.17, 15) is 4.79 Å². The zero-order valence-electron chi connectivity index (χ0n) is 9.56. The number of anilines is 1. The van der Waals surface area contributed by atoms with Crippen molar-refractivity contribution >= 4 is 11.9 Å². The third-order valence-electron chi connectivity index (χ3n) is 1.83. The lowest BCUT2D eigenvalue weighted by Crippen LogP contribution is -2.21. The summed E-state index contributed by atoms with van der Waals surface area (Å²) < 4.78 is 1.60. The number of nitrogens with zero attached hydrogens (tertiary/aromatic N) is 4. The lowest BCUT2D eigenvalue weighted by molar-refractivity contribution is -0.119. The molecular formula is C9H17N5O. The predicted octanol–water partition coefficient (Wildman–Crippen LogP) is 0.924. The minimum Gasteiger partial charge on any atom is -0.293 e. The number of hydrogen-bond acceptors (Lipinski definition) is 4. The van der Waals surface area contributed by atoms with Gasteiger partial charge in [-0.05, 0) is 16.3 Å². The molecule has 1 amide bonds. The summed E-state index contributed by atoms with van der Waals surface area (Å²) in [5.41, 5.74) is 0. The Morgan fingerprint density at radius 3 is 2.60 bits per heavy atom. The Hall–Kier alpha value is -1.46. The molecule has 1 aromatic rings. The average Bonchev–Trinajstić information content (AvgIpc) is 2.51. The van der Waals surface area contributed by atoms with E-state index in [1.807, 2.05) is 13.8 Å². The van der Waals surface area contributed by atoms with Gasteiger partial charge >= 0.3 is 0 Å². The average molecular weight is 211 g/mol. The monoisotopic (exact) mass is 211 g/mol. The van der Waals surface area contributed by atoms with Crippen molar-refractivity contribution in [3.8, 4) is 0 Å². The minimum atomic E-state index is -0.0748. The van der Waals surface area contributed by atoms with E-state index in [2.05, 4.69) is 34.7 Å². The van der Waals surface area contributed by atoms with Crippen molar-refractivity contribution in [2.24, 2.45) is 11.8 Å². The van der Waals surface area contributed by atoms with E-state index in [0.717, 1.165) is 0 Å². The molecule has 0 aliphatic carbocycles. The highest BCUT2D eigenvalue weighted by Gasteiger charge is 2.13. The summed E-state index contributed by atoms with van der Waals surface area (Å²) >= 11 is 0. The molecule has 6 nitrogen and oxygen atoms in total. The number of carbonyl (C=O) groups excluding carboxylic acids is 1. The van der Waals surface area contributed by atoms with Gasteiger partial charge in [0.1, 0.15) is 0 Å². The topological polar surface area (TPSA) is 72.7 Å². The molecule has 1 rings (SSSR count). The van der Waals surface area contributed by atoms with Crippen LogP contribution in [0.2, 0.25) is 0 Å². The molecular weight excluding hydrogens is 194 g/mol. The van der Waals surface area contributed by atoms with Gasteiger partial charge in [-0.15, -0.1) is 0 Å². The van der Waals surface area contributed by atoms with Crippen LogP contribution in [-0.4, -0.2) is 26.1 Å². The molecule has 0 atom stereocenters. The number of aromatic nitrogens is 4. The fourth-order valence-electron chi connectivity index (χ4n) is 1.02. The molecule has 0 aromatic carbocycles. The summed E-state index contributed by atoms with van der Waals surface area (Å²) in [6.07, 6.45) is 0. The maximum absolute atomic E-state index is 11.4. The number of nitrogens with one attached hydrogen (secondary N) is 1. The first-order valence-electron chi connectivity index (χ1n) is 5.07. The van der Waals surface area contributed by atoms with Crippen molar-refractivity contribution in [2.45, 2.75) is 34.2 Å². The summed E-state index contributed by atoms with van der Waals surface area (Å²) in [4.78, 5) is 11.4. The van der Waals surface area contributed by atoms with Gasteiger partial charge in [-0.2, -0.15) is 0 Å². The highest BCUT2D eigenvalue weighted by Crippen LogP contribution is 2.06. The first kappa shape index (κ1) is 11.6. The third-order valence-corrected chi connectivity index (χ3v) is 1.83. The predicted molar refractivity (Wildman–Crippen MR) is 56.1 cm³/mol. The van der Waals surface area contributed by atoms with Crippen LogP contribution in [0.25, 0.3) is 0 Å². The lowest BCUT2D eigenvalue weighted by atomic mass is 10.2. The molecule has 0 fully saturated rings. The van der Waals surface area contributed by atoms with Crippen molar-refractivity contribution in [1.29, 1.82) is 0 Å². The third kappa shape index (κ3) is 3.30. The number of amides is 1. The highest BCUT2D eigenvalue weighted by molar-refractivity contribution is 5.90. The van der Waals surface area contributed by atoms with Gasteiger partial charge < -0.3 is 0 Å². The molecule has 0 bridgehead atoms. The van der Waals surface area contributed by atoms with Crippen molar-refractivity contribution < 1.29 is 4.79 Å². The second-order valence-electron chi connectivity index (χ2n) is 4.22. The molecule has 1 N–H and O–H groups in total. The standard InChI is InChI=1S/C9H17N5O/c1-6(2)5-14-9(11-12-13-14)10-8(15)7(3)4/h6-7H,5H2,1-4H3,(H,10,11,13,15). The molecule has 6 heteroatoms. The molecule has 1 aromatic heterocycles. The smallest absolute Gasteiger partial charge is 0.249 e. The molecule has 0 aliphatic rings. The van der Waals surface area contributed by atoms with Crippen molar-refractivity contribution in [1.82, 2.24) is 20.2 Å². The van der Waals surface area contributed by atoms with Gasteiger partial charge in [0.25, 0.3) is 0 Å². The molecule has 0 saturated heterocycles. The molecule has 0 saturated carbocycles. The van der Waals surface area contributed by atoms with E-state index in [-0.39, 0.29) is 11.8 Å². The number of rotatable bonds is 4. The van der Waals surface area contributed by atoms with Crippen LogP contribution in [0, 0.1) is 11.8 Å². The maximum atomic E-state index is 11.4. The maximum Gasteiger partial charge on any atom is 0.249 e. The van der Waals surface area contributed by atoms with Crippen molar-refractivity contribution in [3.63, 3.8) is 0 Å². The number of tetrazole rings is 1.